The molecule has 5 aliphatic rings. The highest BCUT2D eigenvalue weighted by atomic mass is 16.6. The van der Waals surface area contributed by atoms with Crippen LogP contribution in [0.25, 0.3) is 0 Å². The summed E-state index contributed by atoms with van der Waals surface area (Å²) >= 11 is 0. The van der Waals surface area contributed by atoms with Gasteiger partial charge in [0.1, 0.15) is 6.10 Å². The lowest BCUT2D eigenvalue weighted by Crippen LogP contribution is -2.70. The van der Waals surface area contributed by atoms with E-state index < -0.39 is 12.2 Å². The van der Waals surface area contributed by atoms with Crippen LogP contribution < -0.4 is 0 Å². The summed E-state index contributed by atoms with van der Waals surface area (Å²) in [4.78, 5) is 12.0. The van der Waals surface area contributed by atoms with Gasteiger partial charge in [-0.05, 0) is 114 Å². The fourth-order valence-electron chi connectivity index (χ4n) is 12.1. The molecule has 4 heteroatoms. The molecule has 0 heterocycles. The SMILES string of the molecule is CC(=O)OC1CC2(C)C(CC[C@@]3(C)C2CCC2C4(C)CCC(C)(C)[C@H](O)C4CCC23C)C(C)(C)C1O. The molecule has 5 rings (SSSR count). The van der Waals surface area contributed by atoms with Gasteiger partial charge >= 0.3 is 5.97 Å². The van der Waals surface area contributed by atoms with Crippen molar-refractivity contribution in [1.82, 2.24) is 0 Å². The number of aliphatic hydroxyl groups excluding tert-OH is 2. The molecule has 0 bridgehead atoms. The van der Waals surface area contributed by atoms with Gasteiger partial charge in [0.15, 0.2) is 0 Å². The van der Waals surface area contributed by atoms with E-state index in [2.05, 4.69) is 55.4 Å². The van der Waals surface area contributed by atoms with Crippen molar-refractivity contribution in [2.75, 3.05) is 0 Å². The maximum absolute atomic E-state index is 12.0. The van der Waals surface area contributed by atoms with Crippen molar-refractivity contribution in [2.45, 2.75) is 138 Å². The number of rotatable bonds is 1. The van der Waals surface area contributed by atoms with Gasteiger partial charge in [-0.1, -0.05) is 55.4 Å². The number of fused-ring (bicyclic) bond motifs is 7. The van der Waals surface area contributed by atoms with Gasteiger partial charge in [-0.2, -0.15) is 0 Å². The maximum Gasteiger partial charge on any atom is 0.302 e. The van der Waals surface area contributed by atoms with Crippen LogP contribution in [0.1, 0.15) is 120 Å². The van der Waals surface area contributed by atoms with Crippen molar-refractivity contribution in [1.29, 1.82) is 0 Å². The lowest BCUT2D eigenvalue weighted by molar-refractivity contribution is -0.280. The van der Waals surface area contributed by atoms with E-state index in [1.54, 1.807) is 0 Å². The molecule has 11 atom stereocenters. The molecule has 0 aromatic heterocycles. The van der Waals surface area contributed by atoms with Gasteiger partial charge in [-0.3, -0.25) is 4.79 Å². The van der Waals surface area contributed by atoms with Gasteiger partial charge < -0.3 is 14.9 Å². The van der Waals surface area contributed by atoms with Crippen LogP contribution in [0, 0.1) is 56.2 Å². The minimum absolute atomic E-state index is 0.0186. The number of esters is 1. The molecule has 5 fully saturated rings. The average molecular weight is 503 g/mol. The predicted molar refractivity (Wildman–Crippen MR) is 143 cm³/mol. The molecule has 4 nitrogen and oxygen atoms in total. The van der Waals surface area contributed by atoms with E-state index in [9.17, 15) is 15.0 Å². The Morgan fingerprint density at radius 2 is 1.25 bits per heavy atom. The topological polar surface area (TPSA) is 66.8 Å². The fraction of sp³-hybridized carbons (Fsp3) is 0.969. The van der Waals surface area contributed by atoms with Crippen LogP contribution in [0.2, 0.25) is 0 Å². The molecule has 0 amide bonds. The van der Waals surface area contributed by atoms with Gasteiger partial charge in [0.2, 0.25) is 0 Å². The first-order valence-corrected chi connectivity index (χ1v) is 15.0. The van der Waals surface area contributed by atoms with Crippen LogP contribution in [-0.4, -0.2) is 34.5 Å². The number of carbonyl (C=O) groups is 1. The monoisotopic (exact) mass is 502 g/mol. The molecule has 0 spiro atoms. The molecular formula is C32H54O4. The third-order valence-electron chi connectivity index (χ3n) is 14.2. The van der Waals surface area contributed by atoms with E-state index in [-0.39, 0.29) is 44.6 Å². The minimum atomic E-state index is -0.614. The van der Waals surface area contributed by atoms with Crippen molar-refractivity contribution in [3.05, 3.63) is 0 Å². The number of aliphatic hydroxyl groups is 2. The summed E-state index contributed by atoms with van der Waals surface area (Å²) in [5, 5.41) is 22.8. The zero-order chi connectivity index (χ0) is 26.7. The summed E-state index contributed by atoms with van der Waals surface area (Å²) in [6.07, 6.45) is 9.03. The molecule has 0 radical (unpaired) electrons. The van der Waals surface area contributed by atoms with Crippen LogP contribution in [0.3, 0.4) is 0 Å². The van der Waals surface area contributed by atoms with Crippen molar-refractivity contribution in [3.8, 4) is 0 Å². The van der Waals surface area contributed by atoms with E-state index >= 15 is 0 Å². The lowest BCUT2D eigenvalue weighted by Gasteiger charge is -2.74. The molecule has 5 saturated carbocycles. The van der Waals surface area contributed by atoms with Crippen molar-refractivity contribution in [2.24, 2.45) is 56.2 Å². The van der Waals surface area contributed by atoms with Gasteiger partial charge in [0.25, 0.3) is 0 Å². The summed E-state index contributed by atoms with van der Waals surface area (Å²) in [5.74, 6) is 1.75. The average Bonchev–Trinajstić information content (AvgIpc) is 2.75. The first-order valence-electron chi connectivity index (χ1n) is 15.0. The molecule has 0 aromatic rings. The van der Waals surface area contributed by atoms with Crippen molar-refractivity contribution < 1.29 is 19.7 Å². The standard InChI is InChI=1S/C32H54O4/c1-19(33)36-21-18-30(7)22(28(4,5)26(21)35)13-15-32(9)24(30)11-10-23-29(6)17-16-27(2,3)25(34)20(29)12-14-31(23,32)8/h20-26,34-35H,10-18H2,1-9H3/t20?,21?,22?,23?,24?,25-,26?,29?,30?,31?,32+/m1/s1. The molecule has 206 valence electrons. The zero-order valence-electron chi connectivity index (χ0n) is 24.6. The quantitative estimate of drug-likeness (QED) is 0.389. The second-order valence-corrected chi connectivity index (χ2v) is 16.3. The number of ether oxygens (including phenoxy) is 1. The Bertz CT molecular complexity index is 910. The molecule has 36 heavy (non-hydrogen) atoms. The van der Waals surface area contributed by atoms with Crippen LogP contribution in [0.15, 0.2) is 0 Å². The molecular weight excluding hydrogens is 448 g/mol. The Balaban J connectivity index is 1.53. The van der Waals surface area contributed by atoms with Crippen molar-refractivity contribution in [3.63, 3.8) is 0 Å². The zero-order valence-corrected chi connectivity index (χ0v) is 24.6. The highest BCUT2D eigenvalue weighted by Crippen LogP contribution is 2.77. The second kappa shape index (κ2) is 7.96. The van der Waals surface area contributed by atoms with Crippen molar-refractivity contribution >= 4 is 5.97 Å². The highest BCUT2D eigenvalue weighted by Gasteiger charge is 2.72. The second-order valence-electron chi connectivity index (χ2n) is 16.3. The van der Waals surface area contributed by atoms with E-state index in [1.165, 1.54) is 39.0 Å². The Hall–Kier alpha value is -0.610. The third-order valence-corrected chi connectivity index (χ3v) is 14.2. The first-order chi connectivity index (χ1) is 16.4. The summed E-state index contributed by atoms with van der Waals surface area (Å²) < 4.78 is 5.80. The summed E-state index contributed by atoms with van der Waals surface area (Å²) in [7, 11) is 0. The molecule has 0 aliphatic heterocycles. The molecule has 0 saturated heterocycles. The lowest BCUT2D eigenvalue weighted by atomic mass is 9.30. The third kappa shape index (κ3) is 3.28. The van der Waals surface area contributed by atoms with Crippen LogP contribution in [-0.2, 0) is 9.53 Å². The van der Waals surface area contributed by atoms with E-state index in [1.807, 2.05) is 0 Å². The fourth-order valence-corrected chi connectivity index (χ4v) is 12.1. The smallest absolute Gasteiger partial charge is 0.302 e. The van der Waals surface area contributed by atoms with Gasteiger partial charge in [-0.15, -0.1) is 0 Å². The number of carbonyl (C=O) groups excluding carboxylic acids is 1. The van der Waals surface area contributed by atoms with Gasteiger partial charge in [-0.25, -0.2) is 0 Å². The molecule has 0 aromatic carbocycles. The maximum atomic E-state index is 12.0. The normalized spacial score (nSPS) is 55.4. The van der Waals surface area contributed by atoms with Crippen LogP contribution >= 0.6 is 0 Å². The Labute approximate surface area is 220 Å². The van der Waals surface area contributed by atoms with Gasteiger partial charge in [0, 0.05) is 6.92 Å². The van der Waals surface area contributed by atoms with Crippen LogP contribution in [0.5, 0.6) is 0 Å². The van der Waals surface area contributed by atoms with Gasteiger partial charge in [0.05, 0.1) is 12.2 Å². The van der Waals surface area contributed by atoms with E-state index in [4.69, 9.17) is 4.74 Å². The Morgan fingerprint density at radius 1 is 0.694 bits per heavy atom. The first kappa shape index (κ1) is 27.0. The number of hydrogen-bond acceptors (Lipinski definition) is 4. The predicted octanol–water partition coefficient (Wildman–Crippen LogP) is 6.76. The Morgan fingerprint density at radius 3 is 1.83 bits per heavy atom. The minimum Gasteiger partial charge on any atom is -0.460 e. The number of hydrogen-bond donors (Lipinski definition) is 2. The highest BCUT2D eigenvalue weighted by molar-refractivity contribution is 5.66. The largest absolute Gasteiger partial charge is 0.460 e. The summed E-state index contributed by atoms with van der Waals surface area (Å²) in [6, 6.07) is 0. The summed E-state index contributed by atoms with van der Waals surface area (Å²) in [5.41, 5.74) is 0.436. The van der Waals surface area contributed by atoms with E-state index in [0.717, 1.165) is 25.7 Å². The molecule has 2 N–H and O–H groups in total. The Kier molecular flexibility index (Phi) is 5.97. The molecule has 5 aliphatic carbocycles. The summed E-state index contributed by atoms with van der Waals surface area (Å²) in [6.45, 7) is 20.7. The van der Waals surface area contributed by atoms with Crippen LogP contribution in [0.4, 0.5) is 0 Å². The van der Waals surface area contributed by atoms with E-state index in [0.29, 0.717) is 23.7 Å². The molecule has 9 unspecified atom stereocenters.